The minimum absolute atomic E-state index is 0.387. The van der Waals surface area contributed by atoms with Crippen LogP contribution in [0.25, 0.3) is 42.9 Å². The Morgan fingerprint density at radius 2 is 1.00 bits per heavy atom. The monoisotopic (exact) mass is 878 g/mol. The minimum atomic E-state index is 0.387. The van der Waals surface area contributed by atoms with E-state index in [4.69, 9.17) is 9.97 Å². The normalized spacial score (nSPS) is 14.7. The van der Waals surface area contributed by atoms with Crippen LogP contribution < -0.4 is 25.8 Å². The summed E-state index contributed by atoms with van der Waals surface area (Å²) < 4.78 is 0. The first-order chi connectivity index (χ1) is 30.7. The van der Waals surface area contributed by atoms with Crippen LogP contribution in [-0.2, 0) is 0 Å². The summed E-state index contributed by atoms with van der Waals surface area (Å²) in [6.07, 6.45) is 11.3. The number of nitrogens with one attached hydrogen (secondary N) is 3. The Morgan fingerprint density at radius 1 is 0.524 bits per heavy atom. The van der Waals surface area contributed by atoms with Crippen molar-refractivity contribution in [3.63, 3.8) is 0 Å². The van der Waals surface area contributed by atoms with E-state index >= 15 is 0 Å². The molecule has 10 rings (SSSR count). The summed E-state index contributed by atoms with van der Waals surface area (Å²) in [7, 11) is 2.16. The molecule has 0 spiro atoms. The molecule has 10 heterocycles. The Kier molecular flexibility index (Phi) is 12.6. The van der Waals surface area contributed by atoms with Crippen molar-refractivity contribution in [1.82, 2.24) is 60.5 Å². The second-order valence-corrected chi connectivity index (χ2v) is 18.3. The molecule has 8 aromatic rings. The highest BCUT2D eigenvalue weighted by molar-refractivity contribution is 7.19. The van der Waals surface area contributed by atoms with Gasteiger partial charge >= 0.3 is 0 Å². The van der Waals surface area contributed by atoms with Crippen molar-refractivity contribution in [3.05, 3.63) is 96.8 Å². The lowest BCUT2D eigenvalue weighted by Crippen LogP contribution is -2.44. The van der Waals surface area contributed by atoms with Gasteiger partial charge in [0.2, 0.25) is 0 Å². The first-order valence-electron chi connectivity index (χ1n) is 21.3. The van der Waals surface area contributed by atoms with Gasteiger partial charge in [-0.25, -0.2) is 19.9 Å². The van der Waals surface area contributed by atoms with Crippen LogP contribution in [0, 0.1) is 0 Å². The number of pyridine rings is 4. The highest BCUT2D eigenvalue weighted by Crippen LogP contribution is 2.34. The molecule has 2 fully saturated rings. The van der Waals surface area contributed by atoms with Crippen LogP contribution in [-0.4, -0.2) is 115 Å². The second-order valence-electron chi connectivity index (χ2n) is 16.3. The third-order valence-corrected chi connectivity index (χ3v) is 13.2. The second kappa shape index (κ2) is 19.0. The number of rotatable bonds is 10. The Hall–Kier alpha value is -6.34. The van der Waals surface area contributed by atoms with Gasteiger partial charge in [-0.1, -0.05) is 50.4 Å². The fraction of sp³-hybridized carbons (Fsp3) is 0.333. The molecule has 0 aliphatic carbocycles. The van der Waals surface area contributed by atoms with E-state index in [2.05, 4.69) is 118 Å². The number of hydrogen-bond acceptors (Lipinski definition) is 18. The van der Waals surface area contributed by atoms with E-state index < -0.39 is 0 Å². The summed E-state index contributed by atoms with van der Waals surface area (Å²) in [6.45, 7) is 16.7. The van der Waals surface area contributed by atoms with Crippen molar-refractivity contribution in [3.8, 4) is 20.9 Å². The van der Waals surface area contributed by atoms with Gasteiger partial charge in [0.05, 0.1) is 44.2 Å². The highest BCUT2D eigenvalue weighted by atomic mass is 32.1. The van der Waals surface area contributed by atoms with E-state index in [9.17, 15) is 0 Å². The standard InChI is InChI=1S/C23H26N8S.C22H24N8S/c1-15(2)16-11-22(29-26-13-16)28-21-5-4-18-19(27-21)10-17(12-24-18)20-14-25-23(32-20)31-8-6-30(3)7-9-31;1-14(2)15-10-21(29-26-12-15)28-20-4-3-17-18(27-20)9-16(11-24-17)19-13-25-22(31-19)30-7-5-23-6-8-30/h4-5,10-15H,6-9H2,1-3H3,(H,27,28,29);3-4,9-14,23H,5-8H2,1-2H3,(H,27,28,29). The minimum Gasteiger partial charge on any atom is -0.346 e. The van der Waals surface area contributed by atoms with E-state index in [1.165, 1.54) is 0 Å². The number of piperazine rings is 2. The Balaban J connectivity index is 0.000000160. The Bertz CT molecular complexity index is 2810. The molecular formula is C45H50N16S2. The first-order valence-corrected chi connectivity index (χ1v) is 22.9. The predicted molar refractivity (Wildman–Crippen MR) is 255 cm³/mol. The third kappa shape index (κ3) is 10.1. The van der Waals surface area contributed by atoms with Gasteiger partial charge in [0.25, 0.3) is 0 Å². The smallest absolute Gasteiger partial charge is 0.185 e. The topological polar surface area (TPSA) is 175 Å². The maximum absolute atomic E-state index is 4.76. The van der Waals surface area contributed by atoms with Gasteiger partial charge in [-0.3, -0.25) is 9.97 Å². The summed E-state index contributed by atoms with van der Waals surface area (Å²) in [5.74, 6) is 3.58. The van der Waals surface area contributed by atoms with E-state index in [0.29, 0.717) is 35.1 Å². The molecule has 16 nitrogen and oxygen atoms in total. The molecule has 63 heavy (non-hydrogen) atoms. The van der Waals surface area contributed by atoms with Gasteiger partial charge in [-0.05, 0) is 78.5 Å². The molecule has 0 unspecified atom stereocenters. The number of fused-ring (bicyclic) bond motifs is 2. The van der Waals surface area contributed by atoms with Crippen molar-refractivity contribution in [1.29, 1.82) is 0 Å². The molecule has 0 amide bonds. The van der Waals surface area contributed by atoms with Crippen LogP contribution in [0.1, 0.15) is 50.7 Å². The van der Waals surface area contributed by atoms with Crippen molar-refractivity contribution in [2.75, 3.05) is 79.8 Å². The molecule has 2 aliphatic rings. The molecule has 8 aromatic heterocycles. The van der Waals surface area contributed by atoms with Crippen molar-refractivity contribution < 1.29 is 0 Å². The summed E-state index contributed by atoms with van der Waals surface area (Å²) in [4.78, 5) is 37.3. The van der Waals surface area contributed by atoms with Gasteiger partial charge < -0.3 is 30.7 Å². The molecule has 3 N–H and O–H groups in total. The molecule has 0 aromatic carbocycles. The molecule has 0 atom stereocenters. The molecule has 0 saturated carbocycles. The van der Waals surface area contributed by atoms with Crippen LogP contribution >= 0.6 is 22.7 Å². The maximum Gasteiger partial charge on any atom is 0.185 e. The molecule has 2 aliphatic heterocycles. The number of aromatic nitrogens is 10. The van der Waals surface area contributed by atoms with Crippen LogP contribution in [0.4, 0.5) is 33.5 Å². The van der Waals surface area contributed by atoms with E-state index in [-0.39, 0.29) is 0 Å². The van der Waals surface area contributed by atoms with Crippen molar-refractivity contribution >= 4 is 78.3 Å². The SMILES string of the molecule is CC(C)c1cnnc(Nc2ccc3ncc(-c4cnc(N5CCN(C)CC5)s4)cc3n2)c1.CC(C)c1cnnc(Nc2ccc3ncc(-c4cnc(N5CCNCC5)s4)cc3n2)c1. The number of thiazole rings is 2. The number of anilines is 6. The number of hydrogen-bond donors (Lipinski definition) is 3. The fourth-order valence-electron chi connectivity index (χ4n) is 7.14. The number of likely N-dealkylation sites (N-methyl/N-ethyl adjacent to an activating group) is 1. The van der Waals surface area contributed by atoms with Gasteiger partial charge in [0.1, 0.15) is 11.6 Å². The van der Waals surface area contributed by atoms with E-state index in [0.717, 1.165) is 117 Å². The summed E-state index contributed by atoms with van der Waals surface area (Å²) >= 11 is 3.41. The zero-order valence-electron chi connectivity index (χ0n) is 36.0. The highest BCUT2D eigenvalue weighted by Gasteiger charge is 2.19. The van der Waals surface area contributed by atoms with Crippen LogP contribution in [0.2, 0.25) is 0 Å². The summed E-state index contributed by atoms with van der Waals surface area (Å²) in [5.41, 5.74) is 7.68. The van der Waals surface area contributed by atoms with E-state index in [1.807, 2.05) is 61.2 Å². The Morgan fingerprint density at radius 3 is 1.48 bits per heavy atom. The number of nitrogens with zero attached hydrogens (tertiary/aromatic N) is 13. The zero-order valence-corrected chi connectivity index (χ0v) is 37.7. The molecule has 2 saturated heterocycles. The van der Waals surface area contributed by atoms with Crippen molar-refractivity contribution in [2.45, 2.75) is 39.5 Å². The van der Waals surface area contributed by atoms with Crippen LogP contribution in [0.3, 0.4) is 0 Å². The molecule has 0 bridgehead atoms. The maximum atomic E-state index is 4.76. The quantitative estimate of drug-likeness (QED) is 0.120. The average Bonchev–Trinajstić information content (AvgIpc) is 4.02. The van der Waals surface area contributed by atoms with Gasteiger partial charge in [0.15, 0.2) is 21.9 Å². The molecule has 322 valence electrons. The van der Waals surface area contributed by atoms with Gasteiger partial charge in [0, 0.05) is 88.3 Å². The lowest BCUT2D eigenvalue weighted by Gasteiger charge is -2.32. The first kappa shape index (κ1) is 42.0. The van der Waals surface area contributed by atoms with Crippen LogP contribution in [0.5, 0.6) is 0 Å². The summed E-state index contributed by atoms with van der Waals surface area (Å²) in [5, 5.41) is 28.6. The zero-order chi connectivity index (χ0) is 43.3. The lowest BCUT2D eigenvalue weighted by atomic mass is 10.1. The molecular weight excluding hydrogens is 829 g/mol. The predicted octanol–water partition coefficient (Wildman–Crippen LogP) is 7.98. The molecule has 0 radical (unpaired) electrons. The van der Waals surface area contributed by atoms with Gasteiger partial charge in [-0.2, -0.15) is 10.2 Å². The average molecular weight is 879 g/mol. The van der Waals surface area contributed by atoms with E-state index in [1.54, 1.807) is 35.1 Å². The molecule has 18 heteroatoms. The van der Waals surface area contributed by atoms with Crippen molar-refractivity contribution in [2.24, 2.45) is 0 Å². The third-order valence-electron chi connectivity index (χ3n) is 11.0. The van der Waals surface area contributed by atoms with Gasteiger partial charge in [-0.15, -0.1) is 10.2 Å². The lowest BCUT2D eigenvalue weighted by molar-refractivity contribution is 0.313. The van der Waals surface area contributed by atoms with Crippen LogP contribution in [0.15, 0.2) is 85.7 Å². The largest absolute Gasteiger partial charge is 0.346 e. The fourth-order valence-corrected chi connectivity index (χ4v) is 9.04. The Labute approximate surface area is 374 Å². The summed E-state index contributed by atoms with van der Waals surface area (Å²) in [6, 6.07) is 15.9.